The number of hydrogen-bond acceptors (Lipinski definition) is 3. The molecule has 1 unspecified atom stereocenters. The van der Waals surface area contributed by atoms with Crippen molar-refractivity contribution >= 4 is 17.5 Å². The van der Waals surface area contributed by atoms with Gasteiger partial charge in [-0.3, -0.25) is 9.69 Å². The topological polar surface area (TPSA) is 43.8 Å². The number of rotatable bonds is 3. The molecule has 4 nitrogen and oxygen atoms in total. The van der Waals surface area contributed by atoms with Gasteiger partial charge in [-0.1, -0.05) is 23.7 Å². The molecule has 1 aromatic rings. The molecular formula is C15H21ClN2O2. The van der Waals surface area contributed by atoms with Gasteiger partial charge in [0.2, 0.25) is 5.91 Å². The fourth-order valence-corrected chi connectivity index (χ4v) is 2.59. The molecule has 1 heterocycles. The number of benzene rings is 1. The Morgan fingerprint density at radius 2 is 2.00 bits per heavy atom. The highest BCUT2D eigenvalue weighted by Crippen LogP contribution is 2.21. The monoisotopic (exact) mass is 296 g/mol. The van der Waals surface area contributed by atoms with E-state index in [4.69, 9.17) is 11.6 Å². The summed E-state index contributed by atoms with van der Waals surface area (Å²) < 4.78 is 0. The highest BCUT2D eigenvalue weighted by molar-refractivity contribution is 6.31. The van der Waals surface area contributed by atoms with Crippen molar-refractivity contribution in [1.29, 1.82) is 0 Å². The van der Waals surface area contributed by atoms with Gasteiger partial charge in [0.25, 0.3) is 0 Å². The molecule has 1 aliphatic rings. The normalized spacial score (nSPS) is 18.1. The van der Waals surface area contributed by atoms with Crippen molar-refractivity contribution in [2.45, 2.75) is 20.0 Å². The maximum absolute atomic E-state index is 11.3. The minimum Gasteiger partial charge on any atom is -0.387 e. The van der Waals surface area contributed by atoms with Gasteiger partial charge < -0.3 is 10.0 Å². The summed E-state index contributed by atoms with van der Waals surface area (Å²) in [4.78, 5) is 15.3. The van der Waals surface area contributed by atoms with Crippen molar-refractivity contribution in [3.63, 3.8) is 0 Å². The van der Waals surface area contributed by atoms with Crippen LogP contribution in [0.3, 0.4) is 0 Å². The van der Waals surface area contributed by atoms with Crippen molar-refractivity contribution in [3.8, 4) is 0 Å². The van der Waals surface area contributed by atoms with Crippen LogP contribution in [0, 0.1) is 6.92 Å². The summed E-state index contributed by atoms with van der Waals surface area (Å²) in [5.74, 6) is 0.124. The van der Waals surface area contributed by atoms with E-state index >= 15 is 0 Å². The van der Waals surface area contributed by atoms with Crippen LogP contribution in [-0.2, 0) is 4.79 Å². The molecule has 0 spiro atoms. The fourth-order valence-electron chi connectivity index (χ4n) is 2.47. The maximum Gasteiger partial charge on any atom is 0.219 e. The third-order valence-corrected chi connectivity index (χ3v) is 4.24. The van der Waals surface area contributed by atoms with Crippen molar-refractivity contribution < 1.29 is 9.90 Å². The molecule has 1 aliphatic heterocycles. The number of hydrogen-bond donors (Lipinski definition) is 1. The van der Waals surface area contributed by atoms with Gasteiger partial charge in [0.05, 0.1) is 6.10 Å². The molecule has 1 atom stereocenters. The summed E-state index contributed by atoms with van der Waals surface area (Å²) in [5, 5.41) is 11.0. The van der Waals surface area contributed by atoms with E-state index in [-0.39, 0.29) is 5.91 Å². The van der Waals surface area contributed by atoms with Gasteiger partial charge >= 0.3 is 0 Å². The summed E-state index contributed by atoms with van der Waals surface area (Å²) in [6.07, 6.45) is -0.519. The average molecular weight is 297 g/mol. The van der Waals surface area contributed by atoms with E-state index in [1.807, 2.05) is 30.0 Å². The van der Waals surface area contributed by atoms with Gasteiger partial charge in [0.15, 0.2) is 0 Å². The Bertz CT molecular complexity index is 485. The molecule has 1 N–H and O–H groups in total. The lowest BCUT2D eigenvalue weighted by molar-refractivity contribution is -0.130. The van der Waals surface area contributed by atoms with Gasteiger partial charge in [-0.05, 0) is 24.1 Å². The Morgan fingerprint density at radius 3 is 2.55 bits per heavy atom. The molecule has 0 bridgehead atoms. The van der Waals surface area contributed by atoms with Crippen molar-refractivity contribution in [2.24, 2.45) is 0 Å². The Hall–Kier alpha value is -1.10. The molecule has 0 saturated carbocycles. The first-order valence-corrected chi connectivity index (χ1v) is 7.27. The fraction of sp³-hybridized carbons (Fsp3) is 0.533. The van der Waals surface area contributed by atoms with Crippen LogP contribution in [0.5, 0.6) is 0 Å². The predicted molar refractivity (Wildman–Crippen MR) is 79.8 cm³/mol. The van der Waals surface area contributed by atoms with E-state index in [1.165, 1.54) is 0 Å². The minimum absolute atomic E-state index is 0.124. The minimum atomic E-state index is -0.519. The first kappa shape index (κ1) is 15.3. The number of nitrogens with zero attached hydrogens (tertiary/aromatic N) is 2. The van der Waals surface area contributed by atoms with Gasteiger partial charge in [0, 0.05) is 44.7 Å². The smallest absolute Gasteiger partial charge is 0.219 e. The third kappa shape index (κ3) is 3.72. The molecule has 0 aromatic heterocycles. The largest absolute Gasteiger partial charge is 0.387 e. The van der Waals surface area contributed by atoms with E-state index in [2.05, 4.69) is 4.90 Å². The Labute approximate surface area is 124 Å². The number of carbonyl (C=O) groups excluding carboxylic acids is 1. The van der Waals surface area contributed by atoms with E-state index in [0.29, 0.717) is 6.54 Å². The third-order valence-electron chi connectivity index (χ3n) is 3.82. The summed E-state index contributed by atoms with van der Waals surface area (Å²) >= 11 is 5.99. The number of β-amino-alcohol motifs (C(OH)–C–C–N with tert-alkyl or cyclic N) is 1. The average Bonchev–Trinajstić information content (AvgIpc) is 2.42. The van der Waals surface area contributed by atoms with Crippen LogP contribution < -0.4 is 0 Å². The van der Waals surface area contributed by atoms with Crippen LogP contribution in [0.1, 0.15) is 24.2 Å². The van der Waals surface area contributed by atoms with Crippen molar-refractivity contribution in [2.75, 3.05) is 32.7 Å². The first-order chi connectivity index (χ1) is 9.47. The summed E-state index contributed by atoms with van der Waals surface area (Å²) in [5.41, 5.74) is 1.87. The number of aliphatic hydroxyl groups excluding tert-OH is 1. The van der Waals surface area contributed by atoms with Crippen molar-refractivity contribution in [1.82, 2.24) is 9.80 Å². The maximum atomic E-state index is 11.3. The quantitative estimate of drug-likeness (QED) is 0.926. The van der Waals surface area contributed by atoms with Gasteiger partial charge in [-0.15, -0.1) is 0 Å². The van der Waals surface area contributed by atoms with Crippen LogP contribution in [0.25, 0.3) is 0 Å². The number of carbonyl (C=O) groups is 1. The summed E-state index contributed by atoms with van der Waals surface area (Å²) in [6.45, 7) is 7.22. The molecule has 1 fully saturated rings. The Morgan fingerprint density at radius 1 is 1.35 bits per heavy atom. The molecule has 5 heteroatoms. The van der Waals surface area contributed by atoms with E-state index in [1.54, 1.807) is 6.92 Å². The van der Waals surface area contributed by atoms with Gasteiger partial charge in [0.1, 0.15) is 0 Å². The molecule has 0 aliphatic carbocycles. The zero-order valence-corrected chi connectivity index (χ0v) is 12.7. The SMILES string of the molecule is CC(=O)N1CCN(CC(O)c2ccc(Cl)c(C)c2)CC1. The lowest BCUT2D eigenvalue weighted by Gasteiger charge is -2.35. The molecule has 20 heavy (non-hydrogen) atoms. The summed E-state index contributed by atoms with van der Waals surface area (Å²) in [6, 6.07) is 5.62. The molecular weight excluding hydrogens is 276 g/mol. The molecule has 1 amide bonds. The van der Waals surface area contributed by atoms with Crippen LogP contribution in [0.15, 0.2) is 18.2 Å². The number of piperazine rings is 1. The standard InChI is InChI=1S/C15H21ClN2O2/c1-11-9-13(3-4-14(11)16)15(20)10-17-5-7-18(8-6-17)12(2)19/h3-4,9,15,20H,5-8,10H2,1-2H3. The number of amides is 1. The zero-order valence-electron chi connectivity index (χ0n) is 12.0. The zero-order chi connectivity index (χ0) is 14.7. The Kier molecular flexibility index (Phi) is 5.02. The van der Waals surface area contributed by atoms with Crippen LogP contribution in [-0.4, -0.2) is 53.5 Å². The number of aliphatic hydroxyl groups is 1. The second-order valence-corrected chi connectivity index (χ2v) is 5.74. The summed E-state index contributed by atoms with van der Waals surface area (Å²) in [7, 11) is 0. The van der Waals surface area contributed by atoms with Crippen LogP contribution in [0.2, 0.25) is 5.02 Å². The van der Waals surface area contributed by atoms with Gasteiger partial charge in [-0.2, -0.15) is 0 Å². The lowest BCUT2D eigenvalue weighted by Crippen LogP contribution is -2.48. The molecule has 2 rings (SSSR count). The lowest BCUT2D eigenvalue weighted by atomic mass is 10.1. The number of aryl methyl sites for hydroxylation is 1. The molecule has 0 radical (unpaired) electrons. The highest BCUT2D eigenvalue weighted by Gasteiger charge is 2.21. The first-order valence-electron chi connectivity index (χ1n) is 6.89. The van der Waals surface area contributed by atoms with E-state index < -0.39 is 6.10 Å². The second kappa shape index (κ2) is 6.57. The van der Waals surface area contributed by atoms with Crippen LogP contribution in [0.4, 0.5) is 0 Å². The molecule has 1 aromatic carbocycles. The van der Waals surface area contributed by atoms with Gasteiger partial charge in [-0.25, -0.2) is 0 Å². The predicted octanol–water partition coefficient (Wildman–Crippen LogP) is 1.85. The Balaban J connectivity index is 1.90. The van der Waals surface area contributed by atoms with Crippen LogP contribution >= 0.6 is 11.6 Å². The van der Waals surface area contributed by atoms with E-state index in [9.17, 15) is 9.90 Å². The molecule has 1 saturated heterocycles. The second-order valence-electron chi connectivity index (χ2n) is 5.33. The number of halogens is 1. The van der Waals surface area contributed by atoms with E-state index in [0.717, 1.165) is 42.3 Å². The highest BCUT2D eigenvalue weighted by atomic mass is 35.5. The van der Waals surface area contributed by atoms with Crippen molar-refractivity contribution in [3.05, 3.63) is 34.3 Å². The molecule has 110 valence electrons.